The second-order valence-electron chi connectivity index (χ2n) is 4.71. The number of nitrogens with one attached hydrogen (secondary N) is 3. The molecule has 2 amide bonds. The summed E-state index contributed by atoms with van der Waals surface area (Å²) in [4.78, 5) is 23.2. The maximum absolute atomic E-state index is 11.9. The van der Waals surface area contributed by atoms with Gasteiger partial charge in [-0.05, 0) is 25.0 Å². The molecule has 0 bridgehead atoms. The van der Waals surface area contributed by atoms with Crippen molar-refractivity contribution >= 4 is 23.3 Å². The van der Waals surface area contributed by atoms with Crippen LogP contribution in [0, 0.1) is 0 Å². The summed E-state index contributed by atoms with van der Waals surface area (Å²) in [6.07, 6.45) is 5.79. The van der Waals surface area contributed by atoms with Gasteiger partial charge in [0.1, 0.15) is 0 Å². The summed E-state index contributed by atoms with van der Waals surface area (Å²) in [5.74, 6) is 0. The van der Waals surface area contributed by atoms with E-state index in [1.54, 1.807) is 24.7 Å². The molecule has 1 aliphatic rings. The minimum Gasteiger partial charge on any atom is -0.348 e. The molecule has 20 heavy (non-hydrogen) atoms. The van der Waals surface area contributed by atoms with Crippen molar-refractivity contribution in [3.05, 3.63) is 41.2 Å². The van der Waals surface area contributed by atoms with Gasteiger partial charge in [-0.1, -0.05) is 11.6 Å². The highest BCUT2D eigenvalue weighted by molar-refractivity contribution is 6.32. The van der Waals surface area contributed by atoms with E-state index in [-0.39, 0.29) is 17.2 Å². The van der Waals surface area contributed by atoms with Gasteiger partial charge in [0.05, 0.1) is 17.7 Å². The first-order chi connectivity index (χ1) is 9.72. The van der Waals surface area contributed by atoms with Gasteiger partial charge in [-0.2, -0.15) is 0 Å². The predicted octanol–water partition coefficient (Wildman–Crippen LogP) is 2.14. The van der Waals surface area contributed by atoms with E-state index in [4.69, 9.17) is 11.6 Å². The number of urea groups is 1. The van der Waals surface area contributed by atoms with Crippen LogP contribution in [0.25, 0.3) is 0 Å². The quantitative estimate of drug-likeness (QED) is 0.741. The zero-order valence-electron chi connectivity index (χ0n) is 10.7. The third-order valence-electron chi connectivity index (χ3n) is 3.33. The maximum atomic E-state index is 11.9. The number of carbonyl (C=O) groups is 1. The number of halogens is 1. The van der Waals surface area contributed by atoms with Crippen molar-refractivity contribution in [1.29, 1.82) is 0 Å². The monoisotopic (exact) mass is 291 g/mol. The second-order valence-corrected chi connectivity index (χ2v) is 5.07. The number of nitrogens with zero attached hydrogens (tertiary/aromatic N) is 2. The first kappa shape index (κ1) is 12.9. The molecule has 1 aliphatic carbocycles. The lowest BCUT2D eigenvalue weighted by Gasteiger charge is -2.22. The summed E-state index contributed by atoms with van der Waals surface area (Å²) in [5, 5.41) is 5.93. The highest BCUT2D eigenvalue weighted by atomic mass is 35.5. The summed E-state index contributed by atoms with van der Waals surface area (Å²) in [5.41, 5.74) is 2.70. The van der Waals surface area contributed by atoms with E-state index in [9.17, 15) is 4.79 Å². The zero-order valence-corrected chi connectivity index (χ0v) is 11.4. The van der Waals surface area contributed by atoms with Gasteiger partial charge in [-0.25, -0.2) is 14.8 Å². The van der Waals surface area contributed by atoms with E-state index in [0.717, 1.165) is 30.7 Å². The van der Waals surface area contributed by atoms with Crippen LogP contribution in [0.3, 0.4) is 0 Å². The van der Waals surface area contributed by atoms with Crippen molar-refractivity contribution in [2.24, 2.45) is 0 Å². The Balaban J connectivity index is 1.59. The highest BCUT2D eigenvalue weighted by Gasteiger charge is 2.22. The lowest BCUT2D eigenvalue weighted by Crippen LogP contribution is -2.41. The van der Waals surface area contributed by atoms with Crippen LogP contribution in [0.5, 0.6) is 0 Å². The van der Waals surface area contributed by atoms with Gasteiger partial charge in [0.2, 0.25) is 0 Å². The normalized spacial score (nSPS) is 17.4. The average Bonchev–Trinajstić information content (AvgIpc) is 2.89. The Hall–Kier alpha value is -2.08. The number of aryl methyl sites for hydroxylation is 1. The predicted molar refractivity (Wildman–Crippen MR) is 75.8 cm³/mol. The third-order valence-corrected chi connectivity index (χ3v) is 3.63. The van der Waals surface area contributed by atoms with Gasteiger partial charge in [0.15, 0.2) is 5.15 Å². The van der Waals surface area contributed by atoms with Gasteiger partial charge in [-0.15, -0.1) is 0 Å². The van der Waals surface area contributed by atoms with Gasteiger partial charge in [0.25, 0.3) is 0 Å². The molecule has 0 radical (unpaired) electrons. The summed E-state index contributed by atoms with van der Waals surface area (Å²) >= 11 is 5.90. The number of hydrogen-bond donors (Lipinski definition) is 3. The van der Waals surface area contributed by atoms with E-state index in [1.165, 1.54) is 0 Å². The van der Waals surface area contributed by atoms with Gasteiger partial charge >= 0.3 is 6.03 Å². The summed E-state index contributed by atoms with van der Waals surface area (Å²) in [6, 6.07) is 3.26. The molecule has 104 valence electrons. The number of aromatic amines is 1. The van der Waals surface area contributed by atoms with Crippen LogP contribution < -0.4 is 10.6 Å². The largest absolute Gasteiger partial charge is 0.348 e. The number of fused-ring (bicyclic) bond motifs is 1. The minimum atomic E-state index is -0.270. The van der Waals surface area contributed by atoms with Crippen molar-refractivity contribution in [2.45, 2.75) is 25.3 Å². The average molecular weight is 292 g/mol. The number of rotatable bonds is 2. The fourth-order valence-corrected chi connectivity index (χ4v) is 2.51. The minimum absolute atomic E-state index is 0.0957. The molecule has 2 aromatic rings. The molecule has 0 saturated carbocycles. The lowest BCUT2D eigenvalue weighted by atomic mass is 9.96. The second kappa shape index (κ2) is 5.50. The number of hydrogen-bond acceptors (Lipinski definition) is 3. The van der Waals surface area contributed by atoms with E-state index in [0.29, 0.717) is 5.69 Å². The maximum Gasteiger partial charge on any atom is 0.319 e. The van der Waals surface area contributed by atoms with Crippen LogP contribution >= 0.6 is 11.6 Å². The molecule has 6 nitrogen and oxygen atoms in total. The Morgan fingerprint density at radius 1 is 1.45 bits per heavy atom. The van der Waals surface area contributed by atoms with Crippen LogP contribution in [0.15, 0.2) is 24.7 Å². The molecular formula is C13H14ClN5O. The fourth-order valence-electron chi connectivity index (χ4n) is 2.35. The van der Waals surface area contributed by atoms with Crippen molar-refractivity contribution in [3.8, 4) is 0 Å². The standard InChI is InChI=1S/C13H14ClN5O/c14-12-10(2-1-5-15-12)19-13(20)18-8-3-4-9-11(6-8)17-7-16-9/h1-2,5,7-8H,3-4,6H2,(H,16,17)(H2,18,19,20). The number of H-pyrrole nitrogens is 1. The van der Waals surface area contributed by atoms with Crippen molar-refractivity contribution in [1.82, 2.24) is 20.3 Å². The SMILES string of the molecule is O=C(Nc1cccnc1Cl)NC1CCc2nc[nH]c2C1. The number of imidazole rings is 1. The molecule has 2 aromatic heterocycles. The molecule has 0 spiro atoms. The van der Waals surface area contributed by atoms with Crippen LogP contribution in [-0.2, 0) is 12.8 Å². The molecule has 7 heteroatoms. The molecule has 0 saturated heterocycles. The van der Waals surface area contributed by atoms with Crippen LogP contribution in [0.4, 0.5) is 10.5 Å². The fraction of sp³-hybridized carbons (Fsp3) is 0.308. The number of anilines is 1. The Bertz CT molecular complexity index is 627. The van der Waals surface area contributed by atoms with E-state index >= 15 is 0 Å². The molecule has 0 aliphatic heterocycles. The molecule has 1 atom stereocenters. The zero-order chi connectivity index (χ0) is 13.9. The molecule has 0 fully saturated rings. The van der Waals surface area contributed by atoms with E-state index < -0.39 is 0 Å². The summed E-state index contributed by atoms with van der Waals surface area (Å²) in [6.45, 7) is 0. The van der Waals surface area contributed by atoms with E-state index in [2.05, 4.69) is 25.6 Å². The first-order valence-corrected chi connectivity index (χ1v) is 6.79. The molecule has 2 heterocycles. The first-order valence-electron chi connectivity index (χ1n) is 6.41. The van der Waals surface area contributed by atoms with Crippen LogP contribution in [0.1, 0.15) is 17.8 Å². The Labute approximate surface area is 121 Å². The number of aromatic nitrogens is 3. The van der Waals surface area contributed by atoms with Crippen molar-refractivity contribution in [3.63, 3.8) is 0 Å². The summed E-state index contributed by atoms with van der Waals surface area (Å²) < 4.78 is 0. The topological polar surface area (TPSA) is 82.7 Å². The molecule has 3 N–H and O–H groups in total. The number of amides is 2. The lowest BCUT2D eigenvalue weighted by molar-refractivity contribution is 0.247. The molecule has 0 aromatic carbocycles. The van der Waals surface area contributed by atoms with Gasteiger partial charge < -0.3 is 15.6 Å². The molecular weight excluding hydrogens is 278 g/mol. The Morgan fingerprint density at radius 3 is 3.20 bits per heavy atom. The van der Waals surface area contributed by atoms with Crippen LogP contribution in [0.2, 0.25) is 5.15 Å². The van der Waals surface area contributed by atoms with Crippen LogP contribution in [-0.4, -0.2) is 27.0 Å². The number of carbonyl (C=O) groups excluding carboxylic acids is 1. The third kappa shape index (κ3) is 2.75. The smallest absolute Gasteiger partial charge is 0.319 e. The van der Waals surface area contributed by atoms with Gasteiger partial charge in [0, 0.05) is 24.4 Å². The summed E-state index contributed by atoms with van der Waals surface area (Å²) in [7, 11) is 0. The van der Waals surface area contributed by atoms with Crippen molar-refractivity contribution in [2.75, 3.05) is 5.32 Å². The Kier molecular flexibility index (Phi) is 3.56. The van der Waals surface area contributed by atoms with Gasteiger partial charge in [-0.3, -0.25) is 0 Å². The van der Waals surface area contributed by atoms with Crippen molar-refractivity contribution < 1.29 is 4.79 Å². The molecule has 3 rings (SSSR count). The highest BCUT2D eigenvalue weighted by Crippen LogP contribution is 2.19. The Morgan fingerprint density at radius 2 is 2.35 bits per heavy atom. The van der Waals surface area contributed by atoms with E-state index in [1.807, 2.05) is 0 Å². The number of pyridine rings is 1. The molecule has 1 unspecified atom stereocenters.